The molecule has 1 N–H and O–H groups in total. The third kappa shape index (κ3) is 2.37. The molecular weight excluding hydrogens is 215 g/mol. The standard InChI is InChI=1S/C15H15FO/c1-10-7-8-12(11(2)9-10)15(17)13-5-3-4-6-14(13)16/h3-9,15,17H,1-2H3. The molecule has 0 fully saturated rings. The summed E-state index contributed by atoms with van der Waals surface area (Å²) < 4.78 is 13.6. The smallest absolute Gasteiger partial charge is 0.129 e. The van der Waals surface area contributed by atoms with E-state index >= 15 is 0 Å². The third-order valence-electron chi connectivity index (χ3n) is 2.92. The first-order chi connectivity index (χ1) is 8.09. The van der Waals surface area contributed by atoms with Crippen LogP contribution in [0.15, 0.2) is 42.5 Å². The van der Waals surface area contributed by atoms with Crippen LogP contribution in [0.2, 0.25) is 0 Å². The molecule has 1 unspecified atom stereocenters. The zero-order chi connectivity index (χ0) is 12.4. The van der Waals surface area contributed by atoms with Crippen molar-refractivity contribution in [3.05, 3.63) is 70.5 Å². The number of aliphatic hydroxyl groups excluding tert-OH is 1. The predicted octanol–water partition coefficient (Wildman–Crippen LogP) is 3.52. The van der Waals surface area contributed by atoms with Gasteiger partial charge in [0.05, 0.1) is 0 Å². The number of aliphatic hydroxyl groups is 1. The molecule has 2 aromatic rings. The number of hydrogen-bond acceptors (Lipinski definition) is 1. The maximum Gasteiger partial charge on any atom is 0.129 e. The highest BCUT2D eigenvalue weighted by atomic mass is 19.1. The molecule has 0 spiro atoms. The zero-order valence-corrected chi connectivity index (χ0v) is 9.94. The van der Waals surface area contributed by atoms with E-state index in [0.29, 0.717) is 5.56 Å². The maximum absolute atomic E-state index is 13.6. The van der Waals surface area contributed by atoms with Crippen LogP contribution >= 0.6 is 0 Å². The van der Waals surface area contributed by atoms with Crippen molar-refractivity contribution in [2.75, 3.05) is 0 Å². The molecule has 1 nitrogen and oxygen atoms in total. The fourth-order valence-electron chi connectivity index (χ4n) is 2.00. The Labute approximate surface area is 101 Å². The topological polar surface area (TPSA) is 20.2 Å². The van der Waals surface area contributed by atoms with E-state index in [9.17, 15) is 9.50 Å². The van der Waals surface area contributed by atoms with E-state index in [-0.39, 0.29) is 5.82 Å². The van der Waals surface area contributed by atoms with Crippen molar-refractivity contribution in [2.45, 2.75) is 20.0 Å². The summed E-state index contributed by atoms with van der Waals surface area (Å²) in [5.41, 5.74) is 3.17. The summed E-state index contributed by atoms with van der Waals surface area (Å²) in [5, 5.41) is 10.2. The summed E-state index contributed by atoms with van der Waals surface area (Å²) in [6.45, 7) is 3.92. The second kappa shape index (κ2) is 4.68. The van der Waals surface area contributed by atoms with Crippen LogP contribution in [0.5, 0.6) is 0 Å². The summed E-state index contributed by atoms with van der Waals surface area (Å²) in [6, 6.07) is 12.1. The molecule has 0 aromatic heterocycles. The summed E-state index contributed by atoms with van der Waals surface area (Å²) in [4.78, 5) is 0. The lowest BCUT2D eigenvalue weighted by molar-refractivity contribution is 0.214. The van der Waals surface area contributed by atoms with Gasteiger partial charge in [-0.2, -0.15) is 0 Å². The number of halogens is 1. The summed E-state index contributed by atoms with van der Waals surface area (Å²) in [7, 11) is 0. The van der Waals surface area contributed by atoms with Gasteiger partial charge in [0.25, 0.3) is 0 Å². The molecule has 0 bridgehead atoms. The van der Waals surface area contributed by atoms with Gasteiger partial charge >= 0.3 is 0 Å². The van der Waals surface area contributed by atoms with Crippen molar-refractivity contribution in [3.8, 4) is 0 Å². The van der Waals surface area contributed by atoms with E-state index < -0.39 is 6.10 Å². The van der Waals surface area contributed by atoms with Crippen LogP contribution in [0.1, 0.15) is 28.4 Å². The lowest BCUT2D eigenvalue weighted by Crippen LogP contribution is -2.04. The Morgan fingerprint density at radius 1 is 1.00 bits per heavy atom. The van der Waals surface area contributed by atoms with Crippen molar-refractivity contribution >= 4 is 0 Å². The molecule has 0 saturated heterocycles. The first-order valence-corrected chi connectivity index (χ1v) is 5.59. The van der Waals surface area contributed by atoms with Crippen LogP contribution in [0.4, 0.5) is 4.39 Å². The molecule has 88 valence electrons. The molecule has 1 atom stereocenters. The van der Waals surface area contributed by atoms with Crippen molar-refractivity contribution in [2.24, 2.45) is 0 Å². The van der Waals surface area contributed by atoms with Crippen LogP contribution in [0.3, 0.4) is 0 Å². The molecule has 0 amide bonds. The first kappa shape index (κ1) is 11.8. The quantitative estimate of drug-likeness (QED) is 0.836. The minimum absolute atomic E-state index is 0.319. The van der Waals surface area contributed by atoms with E-state index in [2.05, 4.69) is 0 Å². The largest absolute Gasteiger partial charge is 0.384 e. The lowest BCUT2D eigenvalue weighted by atomic mass is 9.96. The Hall–Kier alpha value is -1.67. The zero-order valence-electron chi connectivity index (χ0n) is 9.94. The Kier molecular flexibility index (Phi) is 3.25. The molecule has 0 aliphatic carbocycles. The Balaban J connectivity index is 2.44. The van der Waals surface area contributed by atoms with Gasteiger partial charge in [0.2, 0.25) is 0 Å². The molecule has 0 radical (unpaired) electrons. The maximum atomic E-state index is 13.6. The molecule has 2 aromatic carbocycles. The predicted molar refractivity (Wildman–Crippen MR) is 66.4 cm³/mol. The fraction of sp³-hybridized carbons (Fsp3) is 0.200. The van der Waals surface area contributed by atoms with Gasteiger partial charge in [-0.25, -0.2) is 4.39 Å². The molecular formula is C15H15FO. The summed E-state index contributed by atoms with van der Waals surface area (Å²) in [5.74, 6) is -0.375. The Bertz CT molecular complexity index is 534. The Morgan fingerprint density at radius 3 is 2.35 bits per heavy atom. The van der Waals surface area contributed by atoms with Gasteiger partial charge in [-0.1, -0.05) is 42.0 Å². The molecule has 0 aliphatic rings. The van der Waals surface area contributed by atoms with Crippen molar-refractivity contribution in [1.82, 2.24) is 0 Å². The van der Waals surface area contributed by atoms with E-state index in [1.807, 2.05) is 32.0 Å². The average molecular weight is 230 g/mol. The van der Waals surface area contributed by atoms with Gasteiger partial charge in [0.1, 0.15) is 11.9 Å². The van der Waals surface area contributed by atoms with E-state index in [1.54, 1.807) is 18.2 Å². The third-order valence-corrected chi connectivity index (χ3v) is 2.92. The van der Waals surface area contributed by atoms with E-state index in [1.165, 1.54) is 6.07 Å². The monoisotopic (exact) mass is 230 g/mol. The number of benzene rings is 2. The van der Waals surface area contributed by atoms with Gasteiger partial charge in [-0.05, 0) is 31.0 Å². The highest BCUT2D eigenvalue weighted by Gasteiger charge is 2.16. The van der Waals surface area contributed by atoms with Gasteiger partial charge in [-0.3, -0.25) is 0 Å². The summed E-state index contributed by atoms with van der Waals surface area (Å²) >= 11 is 0. The van der Waals surface area contributed by atoms with Crippen LogP contribution in [0, 0.1) is 19.7 Å². The van der Waals surface area contributed by atoms with Crippen molar-refractivity contribution < 1.29 is 9.50 Å². The number of rotatable bonds is 2. The van der Waals surface area contributed by atoms with Crippen molar-refractivity contribution in [1.29, 1.82) is 0 Å². The molecule has 0 aliphatic heterocycles. The van der Waals surface area contributed by atoms with Crippen LogP contribution in [-0.4, -0.2) is 5.11 Å². The highest BCUT2D eigenvalue weighted by molar-refractivity contribution is 5.37. The van der Waals surface area contributed by atoms with Crippen LogP contribution in [-0.2, 0) is 0 Å². The SMILES string of the molecule is Cc1ccc(C(O)c2ccccc2F)c(C)c1. The fourth-order valence-corrected chi connectivity index (χ4v) is 2.00. The molecule has 2 rings (SSSR count). The van der Waals surface area contributed by atoms with Gasteiger partial charge < -0.3 is 5.11 Å². The highest BCUT2D eigenvalue weighted by Crippen LogP contribution is 2.26. The van der Waals surface area contributed by atoms with Gasteiger partial charge in [0.15, 0.2) is 0 Å². The van der Waals surface area contributed by atoms with Crippen LogP contribution in [0.25, 0.3) is 0 Å². The van der Waals surface area contributed by atoms with Crippen LogP contribution < -0.4 is 0 Å². The van der Waals surface area contributed by atoms with E-state index in [4.69, 9.17) is 0 Å². The molecule has 2 heteroatoms. The average Bonchev–Trinajstić information content (AvgIpc) is 2.29. The summed E-state index contributed by atoms with van der Waals surface area (Å²) in [6.07, 6.45) is -0.906. The minimum Gasteiger partial charge on any atom is -0.384 e. The van der Waals surface area contributed by atoms with Crippen molar-refractivity contribution in [3.63, 3.8) is 0 Å². The minimum atomic E-state index is -0.906. The second-order valence-corrected chi connectivity index (χ2v) is 4.28. The number of hydrogen-bond donors (Lipinski definition) is 1. The second-order valence-electron chi connectivity index (χ2n) is 4.28. The Morgan fingerprint density at radius 2 is 1.71 bits per heavy atom. The molecule has 0 heterocycles. The number of aryl methyl sites for hydroxylation is 2. The van der Waals surface area contributed by atoms with E-state index in [0.717, 1.165) is 16.7 Å². The first-order valence-electron chi connectivity index (χ1n) is 5.59. The molecule has 0 saturated carbocycles. The van der Waals surface area contributed by atoms with Gasteiger partial charge in [-0.15, -0.1) is 0 Å². The normalized spacial score (nSPS) is 12.5. The lowest BCUT2D eigenvalue weighted by Gasteiger charge is -2.15. The van der Waals surface area contributed by atoms with Gasteiger partial charge in [0, 0.05) is 5.56 Å². The molecule has 17 heavy (non-hydrogen) atoms.